The molecule has 1 N–H and O–H groups in total. The number of nitrogens with one attached hydrogen (secondary N) is 1. The topological polar surface area (TPSA) is 68.3 Å². The zero-order valence-electron chi connectivity index (χ0n) is 11.0. The van der Waals surface area contributed by atoms with E-state index in [0.717, 1.165) is 12.8 Å². The molecule has 0 radical (unpaired) electrons. The van der Waals surface area contributed by atoms with Crippen LogP contribution in [0, 0.1) is 0 Å². The fraction of sp³-hybridized carbons (Fsp3) is 0.429. The summed E-state index contributed by atoms with van der Waals surface area (Å²) in [6.45, 7) is 3.90. The molecule has 3 rings (SSSR count). The van der Waals surface area contributed by atoms with Gasteiger partial charge in [0.1, 0.15) is 0 Å². The summed E-state index contributed by atoms with van der Waals surface area (Å²) < 4.78 is 10.5. The van der Waals surface area contributed by atoms with E-state index in [1.165, 1.54) is 0 Å². The first kappa shape index (κ1) is 12.0. The van der Waals surface area contributed by atoms with Gasteiger partial charge in [0.25, 0.3) is 0 Å². The molecule has 100 valence electrons. The second-order valence-corrected chi connectivity index (χ2v) is 5.26. The zero-order chi connectivity index (χ0) is 13.5. The molecule has 0 aliphatic heterocycles. The predicted octanol–water partition coefficient (Wildman–Crippen LogP) is 2.49. The van der Waals surface area contributed by atoms with Crippen LogP contribution in [-0.2, 0) is 10.2 Å². The smallest absolute Gasteiger partial charge is 0.232 e. The minimum Gasteiger partial charge on any atom is -0.461 e. The van der Waals surface area contributed by atoms with E-state index in [2.05, 4.69) is 10.5 Å². The highest BCUT2D eigenvalue weighted by atomic mass is 16.5. The van der Waals surface area contributed by atoms with Crippen LogP contribution >= 0.6 is 0 Å². The van der Waals surface area contributed by atoms with Gasteiger partial charge in [-0.15, -0.1) is 0 Å². The largest absolute Gasteiger partial charge is 0.461 e. The number of nitrogens with zero attached hydrogens (tertiary/aromatic N) is 1. The van der Waals surface area contributed by atoms with Crippen LogP contribution in [0.3, 0.4) is 0 Å². The van der Waals surface area contributed by atoms with Gasteiger partial charge in [-0.3, -0.25) is 4.79 Å². The molecule has 1 aliphatic carbocycles. The molecular formula is C14H16N2O3. The first-order chi connectivity index (χ1) is 9.12. The Morgan fingerprint density at radius 3 is 2.79 bits per heavy atom. The lowest BCUT2D eigenvalue weighted by atomic mass is 10.0. The maximum Gasteiger partial charge on any atom is 0.232 e. The second-order valence-electron chi connectivity index (χ2n) is 5.26. The Hall–Kier alpha value is -2.04. The van der Waals surface area contributed by atoms with Crippen molar-refractivity contribution in [2.75, 3.05) is 0 Å². The van der Waals surface area contributed by atoms with Crippen molar-refractivity contribution in [2.45, 2.75) is 38.1 Å². The van der Waals surface area contributed by atoms with E-state index in [1.807, 2.05) is 13.8 Å². The summed E-state index contributed by atoms with van der Waals surface area (Å²) in [4.78, 5) is 12.2. The number of carbonyl (C=O) groups excluding carboxylic acids is 1. The number of carbonyl (C=O) groups is 1. The van der Waals surface area contributed by atoms with Crippen LogP contribution in [-0.4, -0.2) is 17.1 Å². The summed E-state index contributed by atoms with van der Waals surface area (Å²) >= 11 is 0. The Labute approximate surface area is 111 Å². The van der Waals surface area contributed by atoms with E-state index < -0.39 is 5.41 Å². The molecule has 0 saturated heterocycles. The average molecular weight is 260 g/mol. The highest BCUT2D eigenvalue weighted by Crippen LogP contribution is 2.48. The molecule has 0 bridgehead atoms. The zero-order valence-corrected chi connectivity index (χ0v) is 11.0. The van der Waals surface area contributed by atoms with Gasteiger partial charge in [-0.25, -0.2) is 0 Å². The van der Waals surface area contributed by atoms with Gasteiger partial charge in [0.05, 0.1) is 17.4 Å². The normalized spacial score (nSPS) is 16.6. The first-order valence-electron chi connectivity index (χ1n) is 6.44. The molecule has 1 fully saturated rings. The third-order valence-corrected chi connectivity index (χ3v) is 3.37. The van der Waals surface area contributed by atoms with Crippen molar-refractivity contribution in [3.63, 3.8) is 0 Å². The molecule has 0 aromatic carbocycles. The Morgan fingerprint density at radius 1 is 1.42 bits per heavy atom. The van der Waals surface area contributed by atoms with Gasteiger partial charge in [-0.1, -0.05) is 5.16 Å². The van der Waals surface area contributed by atoms with Crippen LogP contribution in [0.4, 0.5) is 0 Å². The van der Waals surface area contributed by atoms with Crippen molar-refractivity contribution in [3.8, 4) is 11.5 Å². The molecule has 0 unspecified atom stereocenters. The van der Waals surface area contributed by atoms with Gasteiger partial charge in [0.15, 0.2) is 5.76 Å². The van der Waals surface area contributed by atoms with E-state index in [-0.39, 0.29) is 11.9 Å². The van der Waals surface area contributed by atoms with Gasteiger partial charge in [0, 0.05) is 12.1 Å². The molecule has 1 amide bonds. The number of furan rings is 1. The maximum atomic E-state index is 12.2. The lowest BCUT2D eigenvalue weighted by Crippen LogP contribution is -2.39. The molecule has 0 atom stereocenters. The summed E-state index contributed by atoms with van der Waals surface area (Å²) in [5, 5.41) is 6.98. The lowest BCUT2D eigenvalue weighted by Gasteiger charge is -2.14. The molecule has 5 heteroatoms. The fourth-order valence-corrected chi connectivity index (χ4v) is 2.16. The summed E-state index contributed by atoms with van der Waals surface area (Å²) in [5.41, 5.74) is 0.190. The van der Waals surface area contributed by atoms with Crippen molar-refractivity contribution >= 4 is 5.91 Å². The number of hydrogen-bond acceptors (Lipinski definition) is 4. The third-order valence-electron chi connectivity index (χ3n) is 3.37. The molecular weight excluding hydrogens is 244 g/mol. The van der Waals surface area contributed by atoms with Crippen molar-refractivity contribution in [1.82, 2.24) is 10.5 Å². The Kier molecular flexibility index (Phi) is 2.69. The molecule has 2 heterocycles. The van der Waals surface area contributed by atoms with E-state index >= 15 is 0 Å². The Morgan fingerprint density at radius 2 is 2.21 bits per heavy atom. The minimum atomic E-state index is -0.501. The van der Waals surface area contributed by atoms with Crippen LogP contribution in [0.15, 0.2) is 33.4 Å². The third kappa shape index (κ3) is 2.05. The Balaban J connectivity index is 1.85. The monoisotopic (exact) mass is 260 g/mol. The van der Waals surface area contributed by atoms with Crippen molar-refractivity contribution in [3.05, 3.63) is 30.2 Å². The van der Waals surface area contributed by atoms with Crippen LogP contribution in [0.2, 0.25) is 0 Å². The van der Waals surface area contributed by atoms with Crippen molar-refractivity contribution < 1.29 is 13.7 Å². The lowest BCUT2D eigenvalue weighted by molar-refractivity contribution is -0.124. The van der Waals surface area contributed by atoms with Crippen LogP contribution in [0.5, 0.6) is 0 Å². The number of aromatic nitrogens is 1. The molecule has 2 aromatic rings. The molecule has 1 aliphatic rings. The van der Waals surface area contributed by atoms with Gasteiger partial charge in [0.2, 0.25) is 11.7 Å². The van der Waals surface area contributed by atoms with Crippen molar-refractivity contribution in [1.29, 1.82) is 0 Å². The molecule has 0 spiro atoms. The van der Waals surface area contributed by atoms with Gasteiger partial charge >= 0.3 is 0 Å². The van der Waals surface area contributed by atoms with Gasteiger partial charge < -0.3 is 14.3 Å². The summed E-state index contributed by atoms with van der Waals surface area (Å²) in [5.74, 6) is 1.21. The number of hydrogen-bond donors (Lipinski definition) is 1. The predicted molar refractivity (Wildman–Crippen MR) is 68.4 cm³/mol. The molecule has 5 nitrogen and oxygen atoms in total. The fourth-order valence-electron chi connectivity index (χ4n) is 2.16. The first-order valence-corrected chi connectivity index (χ1v) is 6.44. The summed E-state index contributed by atoms with van der Waals surface area (Å²) in [7, 11) is 0. The van der Waals surface area contributed by atoms with Crippen LogP contribution < -0.4 is 5.32 Å². The van der Waals surface area contributed by atoms with E-state index in [4.69, 9.17) is 8.94 Å². The standard InChI is InChI=1S/C14H16N2O3/c1-9(2)15-13(17)14(5-6-14)12-8-11(19-16-12)10-4-3-7-18-10/h3-4,7-9H,5-6H2,1-2H3,(H,15,17). The number of amides is 1. The SMILES string of the molecule is CC(C)NC(=O)C1(c2cc(-c3ccco3)on2)CC1. The van der Waals surface area contributed by atoms with E-state index in [0.29, 0.717) is 17.2 Å². The quantitative estimate of drug-likeness (QED) is 0.917. The molecule has 19 heavy (non-hydrogen) atoms. The van der Waals surface area contributed by atoms with Crippen LogP contribution in [0.1, 0.15) is 32.4 Å². The minimum absolute atomic E-state index is 0.0294. The van der Waals surface area contributed by atoms with Crippen LogP contribution in [0.25, 0.3) is 11.5 Å². The molecule has 2 aromatic heterocycles. The molecule has 1 saturated carbocycles. The highest BCUT2D eigenvalue weighted by molar-refractivity contribution is 5.91. The van der Waals surface area contributed by atoms with Crippen molar-refractivity contribution in [2.24, 2.45) is 0 Å². The highest BCUT2D eigenvalue weighted by Gasteiger charge is 2.53. The van der Waals surface area contributed by atoms with Gasteiger partial charge in [-0.05, 0) is 38.8 Å². The average Bonchev–Trinajstić information content (AvgIpc) is 2.80. The second kappa shape index (κ2) is 4.26. The van der Waals surface area contributed by atoms with E-state index in [9.17, 15) is 4.79 Å². The summed E-state index contributed by atoms with van der Waals surface area (Å²) in [6, 6.07) is 5.51. The maximum absolute atomic E-state index is 12.2. The summed E-state index contributed by atoms with van der Waals surface area (Å²) in [6.07, 6.45) is 3.21. The Bertz CT molecular complexity index is 580. The number of rotatable bonds is 4. The van der Waals surface area contributed by atoms with E-state index in [1.54, 1.807) is 24.5 Å². The van der Waals surface area contributed by atoms with Gasteiger partial charge in [-0.2, -0.15) is 0 Å².